The standard InChI is InChI=1S/C22H23N3O3S/c1-17-7-9-21(15-18(17)2)29(27,28)25-13-11-24(12-14-25)22(26)10-8-19-5-3-4-6-20(19)16-23/h3-10,15H,11-14H2,1-2H3/b10-8+. The lowest BCUT2D eigenvalue weighted by Gasteiger charge is -2.33. The molecule has 0 N–H and O–H groups in total. The number of benzene rings is 2. The van der Waals surface area contributed by atoms with E-state index in [0.29, 0.717) is 24.2 Å². The molecule has 6 nitrogen and oxygen atoms in total. The molecule has 0 radical (unpaired) electrons. The minimum atomic E-state index is -3.57. The van der Waals surface area contributed by atoms with Crippen LogP contribution in [0, 0.1) is 25.2 Å². The summed E-state index contributed by atoms with van der Waals surface area (Å²) in [5, 5.41) is 9.12. The summed E-state index contributed by atoms with van der Waals surface area (Å²) in [6.07, 6.45) is 3.06. The molecule has 0 atom stereocenters. The van der Waals surface area contributed by atoms with Crippen LogP contribution < -0.4 is 0 Å². The molecule has 29 heavy (non-hydrogen) atoms. The van der Waals surface area contributed by atoms with E-state index < -0.39 is 10.0 Å². The Kier molecular flexibility index (Phi) is 6.16. The van der Waals surface area contributed by atoms with Gasteiger partial charge >= 0.3 is 0 Å². The zero-order chi connectivity index (χ0) is 21.0. The van der Waals surface area contributed by atoms with Crippen molar-refractivity contribution in [2.45, 2.75) is 18.7 Å². The molecule has 0 spiro atoms. The van der Waals surface area contributed by atoms with E-state index in [0.717, 1.165) is 11.1 Å². The number of hydrogen-bond acceptors (Lipinski definition) is 4. The van der Waals surface area contributed by atoms with Crippen molar-refractivity contribution in [3.8, 4) is 6.07 Å². The van der Waals surface area contributed by atoms with Crippen LogP contribution in [-0.4, -0.2) is 49.7 Å². The number of nitriles is 1. The van der Waals surface area contributed by atoms with Gasteiger partial charge in [-0.15, -0.1) is 0 Å². The van der Waals surface area contributed by atoms with E-state index in [1.165, 1.54) is 10.4 Å². The zero-order valence-electron chi connectivity index (χ0n) is 16.5. The van der Waals surface area contributed by atoms with Crippen LogP contribution in [0.5, 0.6) is 0 Å². The average Bonchev–Trinajstić information content (AvgIpc) is 2.74. The van der Waals surface area contributed by atoms with Crippen molar-refractivity contribution in [3.63, 3.8) is 0 Å². The van der Waals surface area contributed by atoms with Crippen molar-refractivity contribution < 1.29 is 13.2 Å². The second kappa shape index (κ2) is 8.60. The lowest BCUT2D eigenvalue weighted by Crippen LogP contribution is -2.50. The molecule has 2 aromatic carbocycles. The van der Waals surface area contributed by atoms with Gasteiger partial charge < -0.3 is 4.90 Å². The van der Waals surface area contributed by atoms with E-state index in [4.69, 9.17) is 5.26 Å². The summed E-state index contributed by atoms with van der Waals surface area (Å²) < 4.78 is 27.2. The lowest BCUT2D eigenvalue weighted by atomic mass is 10.1. The zero-order valence-corrected chi connectivity index (χ0v) is 17.3. The second-order valence-electron chi connectivity index (χ2n) is 7.01. The number of aryl methyl sites for hydroxylation is 2. The summed E-state index contributed by atoms with van der Waals surface area (Å²) in [6.45, 7) is 4.99. The Labute approximate surface area is 171 Å². The number of carbonyl (C=O) groups excluding carboxylic acids is 1. The maximum absolute atomic E-state index is 12.9. The minimum absolute atomic E-state index is 0.194. The van der Waals surface area contributed by atoms with E-state index in [2.05, 4.69) is 6.07 Å². The molecule has 1 aliphatic rings. The van der Waals surface area contributed by atoms with Gasteiger partial charge in [0, 0.05) is 32.3 Å². The Hall–Kier alpha value is -2.95. The van der Waals surface area contributed by atoms with Crippen molar-refractivity contribution in [3.05, 3.63) is 70.8 Å². The van der Waals surface area contributed by atoms with Gasteiger partial charge in [0.25, 0.3) is 0 Å². The third kappa shape index (κ3) is 4.56. The summed E-state index contributed by atoms with van der Waals surface area (Å²) in [7, 11) is -3.57. The fourth-order valence-corrected chi connectivity index (χ4v) is 4.69. The first-order valence-corrected chi connectivity index (χ1v) is 10.8. The van der Waals surface area contributed by atoms with Gasteiger partial charge in [0.1, 0.15) is 0 Å². The monoisotopic (exact) mass is 409 g/mol. The molecule has 0 saturated carbocycles. The fraction of sp³-hybridized carbons (Fsp3) is 0.273. The van der Waals surface area contributed by atoms with Crippen molar-refractivity contribution in [2.24, 2.45) is 0 Å². The minimum Gasteiger partial charge on any atom is -0.337 e. The Balaban J connectivity index is 1.65. The number of sulfonamides is 1. The van der Waals surface area contributed by atoms with E-state index in [9.17, 15) is 13.2 Å². The molecule has 3 rings (SSSR count). The number of rotatable bonds is 4. The van der Waals surface area contributed by atoms with E-state index in [1.807, 2.05) is 19.9 Å². The molecule has 1 heterocycles. The van der Waals surface area contributed by atoms with Crippen molar-refractivity contribution in [1.82, 2.24) is 9.21 Å². The molecule has 0 aliphatic carbocycles. The van der Waals surface area contributed by atoms with Crippen LogP contribution in [0.4, 0.5) is 0 Å². The predicted molar refractivity (Wildman–Crippen MR) is 111 cm³/mol. The van der Waals surface area contributed by atoms with Gasteiger partial charge in [-0.25, -0.2) is 8.42 Å². The third-order valence-electron chi connectivity index (χ3n) is 5.15. The molecule has 0 bridgehead atoms. The third-order valence-corrected chi connectivity index (χ3v) is 7.05. The van der Waals surface area contributed by atoms with Crippen molar-refractivity contribution >= 4 is 22.0 Å². The van der Waals surface area contributed by atoms with Gasteiger partial charge in [-0.2, -0.15) is 9.57 Å². The van der Waals surface area contributed by atoms with Crippen LogP contribution in [0.1, 0.15) is 22.3 Å². The predicted octanol–water partition coefficient (Wildman–Crippen LogP) is 2.72. The van der Waals surface area contributed by atoms with E-state index >= 15 is 0 Å². The summed E-state index contributed by atoms with van der Waals surface area (Å²) in [5.74, 6) is -0.194. The first-order valence-electron chi connectivity index (χ1n) is 9.36. The van der Waals surface area contributed by atoms with E-state index in [1.54, 1.807) is 47.4 Å². The Morgan fingerprint density at radius 1 is 1.03 bits per heavy atom. The van der Waals surface area contributed by atoms with Crippen LogP contribution in [0.15, 0.2) is 53.4 Å². The molecule has 1 amide bonds. The van der Waals surface area contributed by atoms with Gasteiger partial charge in [-0.05, 0) is 54.8 Å². The van der Waals surface area contributed by atoms with Crippen LogP contribution in [0.3, 0.4) is 0 Å². The fourth-order valence-electron chi connectivity index (χ4n) is 3.18. The van der Waals surface area contributed by atoms with E-state index in [-0.39, 0.29) is 23.9 Å². The SMILES string of the molecule is Cc1ccc(S(=O)(=O)N2CCN(C(=O)/C=C/c3ccccc3C#N)CC2)cc1C. The summed E-state index contributed by atoms with van der Waals surface area (Å²) in [5.41, 5.74) is 3.16. The molecule has 150 valence electrons. The Morgan fingerprint density at radius 3 is 2.38 bits per heavy atom. The molecule has 1 saturated heterocycles. The quantitative estimate of drug-likeness (QED) is 0.727. The normalized spacial score (nSPS) is 15.4. The first-order chi connectivity index (χ1) is 13.8. The lowest BCUT2D eigenvalue weighted by molar-refractivity contribution is -0.127. The first kappa shape index (κ1) is 20.8. The molecular formula is C22H23N3O3S. The maximum atomic E-state index is 12.9. The highest BCUT2D eigenvalue weighted by Crippen LogP contribution is 2.20. The van der Waals surface area contributed by atoms with Gasteiger partial charge in [0.2, 0.25) is 15.9 Å². The van der Waals surface area contributed by atoms with Crippen molar-refractivity contribution in [2.75, 3.05) is 26.2 Å². The number of carbonyl (C=O) groups is 1. The topological polar surface area (TPSA) is 81.5 Å². The molecule has 7 heteroatoms. The van der Waals surface area contributed by atoms with Gasteiger partial charge in [0.15, 0.2) is 0 Å². The van der Waals surface area contributed by atoms with Crippen LogP contribution >= 0.6 is 0 Å². The smallest absolute Gasteiger partial charge is 0.246 e. The Morgan fingerprint density at radius 2 is 1.72 bits per heavy atom. The molecule has 0 unspecified atom stereocenters. The molecule has 1 aliphatic heterocycles. The Bertz CT molecular complexity index is 1090. The molecule has 0 aromatic heterocycles. The van der Waals surface area contributed by atoms with Gasteiger partial charge in [-0.3, -0.25) is 4.79 Å². The second-order valence-corrected chi connectivity index (χ2v) is 8.95. The largest absolute Gasteiger partial charge is 0.337 e. The average molecular weight is 410 g/mol. The van der Waals surface area contributed by atoms with Crippen molar-refractivity contribution in [1.29, 1.82) is 5.26 Å². The number of hydrogen-bond donors (Lipinski definition) is 0. The summed E-state index contributed by atoms with van der Waals surface area (Å²) in [6, 6.07) is 14.3. The molecular weight excluding hydrogens is 386 g/mol. The maximum Gasteiger partial charge on any atom is 0.246 e. The van der Waals surface area contributed by atoms with Crippen LogP contribution in [0.25, 0.3) is 6.08 Å². The van der Waals surface area contributed by atoms with Gasteiger partial charge in [-0.1, -0.05) is 24.3 Å². The molecule has 2 aromatic rings. The highest BCUT2D eigenvalue weighted by molar-refractivity contribution is 7.89. The highest BCUT2D eigenvalue weighted by atomic mass is 32.2. The summed E-state index contributed by atoms with van der Waals surface area (Å²) in [4.78, 5) is 14.4. The number of amides is 1. The van der Waals surface area contributed by atoms with Gasteiger partial charge in [0.05, 0.1) is 16.5 Å². The number of piperazine rings is 1. The van der Waals surface area contributed by atoms with Crippen LogP contribution in [-0.2, 0) is 14.8 Å². The number of nitrogens with zero attached hydrogens (tertiary/aromatic N) is 3. The highest BCUT2D eigenvalue weighted by Gasteiger charge is 2.29. The summed E-state index contributed by atoms with van der Waals surface area (Å²) >= 11 is 0. The van der Waals surface area contributed by atoms with Crippen LogP contribution in [0.2, 0.25) is 0 Å². The molecule has 1 fully saturated rings.